The second kappa shape index (κ2) is 13.4. The molecule has 0 radical (unpaired) electrons. The smallest absolute Gasteiger partial charge is 0.336 e. The lowest BCUT2D eigenvalue weighted by molar-refractivity contribution is -0.136. The fourth-order valence-electron chi connectivity index (χ4n) is 5.68. The van der Waals surface area contributed by atoms with E-state index in [2.05, 4.69) is 5.32 Å². The Bertz CT molecular complexity index is 1810. The zero-order valence-electron chi connectivity index (χ0n) is 25.9. The maximum absolute atomic E-state index is 14.3. The number of benzene rings is 4. The first-order chi connectivity index (χ1) is 22.0. The maximum Gasteiger partial charge on any atom is 0.336 e. The monoisotopic (exact) mass is 646 g/mol. The number of halogens is 1. The first-order valence-electron chi connectivity index (χ1n) is 14.6. The number of aromatic carboxylic acids is 1. The molecule has 1 aliphatic rings. The Labute approximate surface area is 271 Å². The van der Waals surface area contributed by atoms with Crippen molar-refractivity contribution in [3.8, 4) is 11.5 Å². The fraction of sp³-hybridized carbons (Fsp3) is 0.286. The summed E-state index contributed by atoms with van der Waals surface area (Å²) in [6.45, 7) is 3.59. The summed E-state index contributed by atoms with van der Waals surface area (Å²) < 4.78 is 17.8. The quantitative estimate of drug-likeness (QED) is 0.189. The Kier molecular flexibility index (Phi) is 9.52. The number of carbonyl (C=O) groups excluding carboxylic acids is 2. The zero-order chi connectivity index (χ0) is 33.2. The average Bonchev–Trinajstić information content (AvgIpc) is 3.14. The number of methoxy groups -OCH3 is 2. The van der Waals surface area contributed by atoms with Gasteiger partial charge in [0.15, 0.2) is 11.5 Å². The van der Waals surface area contributed by atoms with Crippen LogP contribution in [0, 0.1) is 5.41 Å². The van der Waals surface area contributed by atoms with Crippen LogP contribution in [-0.4, -0.2) is 61.5 Å². The summed E-state index contributed by atoms with van der Waals surface area (Å²) >= 11 is 6.49. The van der Waals surface area contributed by atoms with Crippen LogP contribution in [0.4, 0.5) is 11.4 Å². The van der Waals surface area contributed by atoms with Crippen molar-refractivity contribution in [1.82, 2.24) is 0 Å². The van der Waals surface area contributed by atoms with Gasteiger partial charge in [-0.15, -0.1) is 0 Å². The Hall–Kier alpha value is -4.64. The van der Waals surface area contributed by atoms with Crippen molar-refractivity contribution in [3.05, 3.63) is 94.5 Å². The molecule has 0 aliphatic carbocycles. The Morgan fingerprint density at radius 3 is 2.39 bits per heavy atom. The van der Waals surface area contributed by atoms with Gasteiger partial charge in [0.2, 0.25) is 5.91 Å². The Balaban J connectivity index is 1.58. The number of aliphatic hydroxyl groups is 1. The number of ether oxygens (including phenoxy) is 3. The number of hydrogen-bond acceptors (Lipinski definition) is 7. The van der Waals surface area contributed by atoms with Gasteiger partial charge in [0.1, 0.15) is 12.2 Å². The molecule has 0 bridgehead atoms. The molecule has 4 aromatic rings. The number of carboxylic acid groups (broad SMARTS) is 1. The molecule has 1 aliphatic heterocycles. The topological polar surface area (TPSA) is 135 Å². The third-order valence-electron chi connectivity index (χ3n) is 7.93. The third kappa shape index (κ3) is 6.50. The van der Waals surface area contributed by atoms with Crippen molar-refractivity contribution in [2.24, 2.45) is 5.41 Å². The molecule has 11 heteroatoms. The molecule has 2 amide bonds. The number of nitrogens with one attached hydrogen (secondary N) is 1. The molecule has 0 spiro atoms. The van der Waals surface area contributed by atoms with Crippen LogP contribution in [0.25, 0.3) is 10.8 Å². The lowest BCUT2D eigenvalue weighted by Gasteiger charge is -2.32. The van der Waals surface area contributed by atoms with Gasteiger partial charge in [0.05, 0.1) is 26.2 Å². The molecule has 0 unspecified atom stereocenters. The van der Waals surface area contributed by atoms with E-state index in [0.29, 0.717) is 49.8 Å². The maximum atomic E-state index is 14.3. The predicted molar refractivity (Wildman–Crippen MR) is 175 cm³/mol. The van der Waals surface area contributed by atoms with Gasteiger partial charge in [-0.25, -0.2) is 4.79 Å². The van der Waals surface area contributed by atoms with E-state index in [9.17, 15) is 24.6 Å². The van der Waals surface area contributed by atoms with Crippen molar-refractivity contribution in [2.45, 2.75) is 32.5 Å². The summed E-state index contributed by atoms with van der Waals surface area (Å²) in [5.74, 6) is -1.24. The van der Waals surface area contributed by atoms with E-state index < -0.39 is 35.4 Å². The summed E-state index contributed by atoms with van der Waals surface area (Å²) in [7, 11) is 3.02. The SMILES string of the molecule is COc1cccc([C@H]2O[C@H](CC(=O)Nc3cccc4c(C(=O)O)cccc34)C(=O)N(CC(C)(C)CO)c3ccc(Cl)cc32)c1OC. The van der Waals surface area contributed by atoms with Gasteiger partial charge in [-0.05, 0) is 41.8 Å². The number of fused-ring (bicyclic) bond motifs is 2. The molecule has 3 N–H and O–H groups in total. The van der Waals surface area contributed by atoms with Gasteiger partial charge in [0, 0.05) is 51.5 Å². The number of carbonyl (C=O) groups is 3. The van der Waals surface area contributed by atoms with Crippen molar-refractivity contribution in [3.63, 3.8) is 0 Å². The molecular weight excluding hydrogens is 612 g/mol. The molecule has 4 aromatic carbocycles. The van der Waals surface area contributed by atoms with Crippen molar-refractivity contribution >= 4 is 51.5 Å². The zero-order valence-corrected chi connectivity index (χ0v) is 26.6. The van der Waals surface area contributed by atoms with E-state index in [0.717, 1.165) is 0 Å². The number of hydrogen-bond donors (Lipinski definition) is 3. The van der Waals surface area contributed by atoms with Crippen LogP contribution in [0.15, 0.2) is 72.8 Å². The molecule has 1 heterocycles. The molecule has 0 fully saturated rings. The summed E-state index contributed by atoms with van der Waals surface area (Å²) in [4.78, 5) is 41.3. The standard InChI is InChI=1S/C35H35ClN2O8/c1-35(2,19-39)18-38-27-15-14-20(36)16-25(27)31(24-11-7-13-28(44-3)32(24)45-4)46-29(33(38)41)17-30(40)37-26-12-6-8-21-22(26)9-5-10-23(21)34(42)43/h5-16,29,31,39H,17-19H2,1-4H3,(H,37,40)(H,42,43)/t29-,31-/m1/s1. The fourth-order valence-corrected chi connectivity index (χ4v) is 5.86. The van der Waals surface area contributed by atoms with Gasteiger partial charge < -0.3 is 34.6 Å². The van der Waals surface area contributed by atoms with Crippen LogP contribution >= 0.6 is 11.6 Å². The highest BCUT2D eigenvalue weighted by Gasteiger charge is 2.40. The highest BCUT2D eigenvalue weighted by molar-refractivity contribution is 6.30. The summed E-state index contributed by atoms with van der Waals surface area (Å²) in [5, 5.41) is 24.0. The predicted octanol–water partition coefficient (Wildman–Crippen LogP) is 6.08. The van der Waals surface area contributed by atoms with Gasteiger partial charge in [-0.2, -0.15) is 0 Å². The highest BCUT2D eigenvalue weighted by atomic mass is 35.5. The second-order valence-corrected chi connectivity index (χ2v) is 12.2. The lowest BCUT2D eigenvalue weighted by atomic mass is 9.92. The highest BCUT2D eigenvalue weighted by Crippen LogP contribution is 2.45. The number of anilines is 2. The molecular formula is C35H35ClN2O8. The summed E-state index contributed by atoms with van der Waals surface area (Å²) in [6, 6.07) is 20.2. The minimum Gasteiger partial charge on any atom is -0.493 e. The Morgan fingerprint density at radius 2 is 1.70 bits per heavy atom. The molecule has 2 atom stereocenters. The van der Waals surface area contributed by atoms with Crippen molar-refractivity contribution < 1.29 is 38.8 Å². The summed E-state index contributed by atoms with van der Waals surface area (Å²) in [5.41, 5.74) is 1.44. The van der Waals surface area contributed by atoms with Gasteiger partial charge >= 0.3 is 5.97 Å². The average molecular weight is 647 g/mol. The van der Waals surface area contributed by atoms with Gasteiger partial charge in [-0.1, -0.05) is 61.8 Å². The minimum atomic E-state index is -1.27. The molecule has 46 heavy (non-hydrogen) atoms. The van der Waals surface area contributed by atoms with E-state index in [1.165, 1.54) is 25.2 Å². The van der Waals surface area contributed by atoms with E-state index in [1.807, 2.05) is 13.8 Å². The van der Waals surface area contributed by atoms with E-state index in [-0.39, 0.29) is 25.1 Å². The molecule has 5 rings (SSSR count). The molecule has 0 saturated heterocycles. The lowest BCUT2D eigenvalue weighted by Crippen LogP contribution is -2.46. The molecule has 0 saturated carbocycles. The van der Waals surface area contributed by atoms with E-state index >= 15 is 0 Å². The van der Waals surface area contributed by atoms with Crippen LogP contribution < -0.4 is 19.7 Å². The summed E-state index contributed by atoms with van der Waals surface area (Å²) in [6.07, 6.45) is -2.54. The van der Waals surface area contributed by atoms with Crippen molar-refractivity contribution in [1.29, 1.82) is 0 Å². The number of amides is 2. The van der Waals surface area contributed by atoms with Crippen LogP contribution in [-0.2, 0) is 14.3 Å². The van der Waals surface area contributed by atoms with Crippen molar-refractivity contribution in [2.75, 3.05) is 37.6 Å². The van der Waals surface area contributed by atoms with Crippen LogP contribution in [0.1, 0.15) is 47.9 Å². The third-order valence-corrected chi connectivity index (χ3v) is 8.17. The number of aliphatic hydroxyl groups excluding tert-OH is 1. The van der Waals surface area contributed by atoms with E-state index in [4.69, 9.17) is 25.8 Å². The first-order valence-corrected chi connectivity index (χ1v) is 15.0. The Morgan fingerprint density at radius 1 is 0.978 bits per heavy atom. The van der Waals surface area contributed by atoms with E-state index in [1.54, 1.807) is 66.7 Å². The number of nitrogens with zero attached hydrogens (tertiary/aromatic N) is 1. The number of carboxylic acids is 1. The molecule has 0 aromatic heterocycles. The molecule has 240 valence electrons. The number of para-hydroxylation sites is 1. The first kappa shape index (κ1) is 32.7. The normalized spacial score (nSPS) is 16.5. The molecule has 10 nitrogen and oxygen atoms in total. The minimum absolute atomic E-state index is 0.101. The van der Waals surface area contributed by atoms with Crippen LogP contribution in [0.5, 0.6) is 11.5 Å². The van der Waals surface area contributed by atoms with Gasteiger partial charge in [-0.3, -0.25) is 9.59 Å². The van der Waals surface area contributed by atoms with Crippen LogP contribution in [0.2, 0.25) is 5.02 Å². The largest absolute Gasteiger partial charge is 0.493 e. The number of rotatable bonds is 10. The van der Waals surface area contributed by atoms with Gasteiger partial charge in [0.25, 0.3) is 5.91 Å². The van der Waals surface area contributed by atoms with Crippen LogP contribution in [0.3, 0.4) is 0 Å². The second-order valence-electron chi connectivity index (χ2n) is 11.8.